The fourth-order valence-corrected chi connectivity index (χ4v) is 4.97. The lowest BCUT2D eigenvalue weighted by Crippen LogP contribution is -2.43. The van der Waals surface area contributed by atoms with E-state index in [-0.39, 0.29) is 11.8 Å². The molecule has 154 valence electrons. The third-order valence-corrected chi connectivity index (χ3v) is 6.83. The Kier molecular flexibility index (Phi) is 7.53. The van der Waals surface area contributed by atoms with Crippen LogP contribution in [-0.2, 0) is 19.1 Å². The number of rotatable bonds is 4. The molecule has 6 nitrogen and oxygen atoms in total. The lowest BCUT2D eigenvalue weighted by molar-refractivity contribution is -0.139. The molecule has 27 heavy (non-hydrogen) atoms. The van der Waals surface area contributed by atoms with Gasteiger partial charge in [0.05, 0.1) is 12.2 Å². The Bertz CT molecular complexity index is 452. The van der Waals surface area contributed by atoms with Gasteiger partial charge in [0, 0.05) is 52.2 Å². The van der Waals surface area contributed by atoms with E-state index in [0.717, 1.165) is 70.9 Å². The number of ether oxygens (including phenoxy) is 2. The van der Waals surface area contributed by atoms with Crippen LogP contribution in [0.15, 0.2) is 0 Å². The maximum absolute atomic E-state index is 12.9. The summed E-state index contributed by atoms with van der Waals surface area (Å²) in [6.07, 6.45) is 9.17. The fraction of sp³-hybridized carbons (Fsp3) is 0.905. The summed E-state index contributed by atoms with van der Waals surface area (Å²) in [7, 11) is 3.52. The van der Waals surface area contributed by atoms with Crippen LogP contribution in [0.4, 0.5) is 0 Å². The van der Waals surface area contributed by atoms with E-state index in [1.165, 1.54) is 0 Å². The third kappa shape index (κ3) is 5.23. The molecular weight excluding hydrogens is 344 g/mol. The van der Waals surface area contributed by atoms with Gasteiger partial charge in [0.15, 0.2) is 0 Å². The molecular formula is C21H36N2O4. The Morgan fingerprint density at radius 3 is 1.33 bits per heavy atom. The van der Waals surface area contributed by atoms with Crippen LogP contribution in [0.3, 0.4) is 0 Å². The molecule has 1 heterocycles. The van der Waals surface area contributed by atoms with Gasteiger partial charge < -0.3 is 19.3 Å². The van der Waals surface area contributed by atoms with Gasteiger partial charge in [-0.2, -0.15) is 0 Å². The van der Waals surface area contributed by atoms with Crippen molar-refractivity contribution in [3.63, 3.8) is 0 Å². The monoisotopic (exact) mass is 380 g/mol. The summed E-state index contributed by atoms with van der Waals surface area (Å²) >= 11 is 0. The van der Waals surface area contributed by atoms with Crippen LogP contribution < -0.4 is 0 Å². The highest BCUT2D eigenvalue weighted by Gasteiger charge is 2.33. The number of hydrogen-bond acceptors (Lipinski definition) is 4. The average Bonchev–Trinajstić information content (AvgIpc) is 2.99. The van der Waals surface area contributed by atoms with Crippen molar-refractivity contribution in [1.29, 1.82) is 0 Å². The number of nitrogens with zero attached hydrogens (tertiary/aromatic N) is 2. The van der Waals surface area contributed by atoms with Gasteiger partial charge in [0.25, 0.3) is 0 Å². The summed E-state index contributed by atoms with van der Waals surface area (Å²) in [4.78, 5) is 29.8. The number of hydrogen-bond donors (Lipinski definition) is 0. The van der Waals surface area contributed by atoms with Crippen molar-refractivity contribution >= 4 is 11.8 Å². The average molecular weight is 381 g/mol. The zero-order valence-electron chi connectivity index (χ0n) is 17.0. The van der Waals surface area contributed by atoms with Crippen LogP contribution in [0.2, 0.25) is 0 Å². The largest absolute Gasteiger partial charge is 0.381 e. The van der Waals surface area contributed by atoms with Crippen LogP contribution in [0.5, 0.6) is 0 Å². The summed E-state index contributed by atoms with van der Waals surface area (Å²) in [6.45, 7) is 2.93. The first-order valence-corrected chi connectivity index (χ1v) is 10.8. The Balaban J connectivity index is 1.47. The molecule has 1 aliphatic heterocycles. The van der Waals surface area contributed by atoms with E-state index in [2.05, 4.69) is 0 Å². The van der Waals surface area contributed by atoms with Gasteiger partial charge in [-0.3, -0.25) is 9.59 Å². The van der Waals surface area contributed by atoms with Gasteiger partial charge in [0.1, 0.15) is 0 Å². The van der Waals surface area contributed by atoms with Gasteiger partial charge in [-0.1, -0.05) is 0 Å². The second kappa shape index (κ2) is 9.87. The first kappa shape index (κ1) is 20.6. The molecule has 0 atom stereocenters. The number of amides is 2. The molecule has 0 unspecified atom stereocenters. The zero-order valence-corrected chi connectivity index (χ0v) is 17.0. The van der Waals surface area contributed by atoms with Crippen molar-refractivity contribution < 1.29 is 19.1 Å². The van der Waals surface area contributed by atoms with E-state index < -0.39 is 0 Å². The molecule has 1 saturated heterocycles. The maximum atomic E-state index is 12.9. The molecule has 0 aromatic heterocycles. The second-order valence-corrected chi connectivity index (χ2v) is 8.42. The van der Waals surface area contributed by atoms with Crippen LogP contribution in [0, 0.1) is 11.8 Å². The zero-order chi connectivity index (χ0) is 19.2. The Hall–Kier alpha value is -1.14. The highest BCUT2D eigenvalue weighted by Crippen LogP contribution is 2.29. The molecule has 3 rings (SSSR count). The molecule has 0 radical (unpaired) electrons. The highest BCUT2D eigenvalue weighted by molar-refractivity contribution is 5.80. The number of carbonyl (C=O) groups is 2. The van der Waals surface area contributed by atoms with Crippen molar-refractivity contribution in [3.8, 4) is 0 Å². The van der Waals surface area contributed by atoms with Gasteiger partial charge in [-0.15, -0.1) is 0 Å². The fourth-order valence-electron chi connectivity index (χ4n) is 4.97. The molecule has 2 aliphatic carbocycles. The smallest absolute Gasteiger partial charge is 0.225 e. The summed E-state index contributed by atoms with van der Waals surface area (Å²) in [5.74, 6) is 0.866. The molecule has 3 aliphatic rings. The maximum Gasteiger partial charge on any atom is 0.225 e. The molecule has 0 aromatic carbocycles. The summed E-state index contributed by atoms with van der Waals surface area (Å²) < 4.78 is 10.8. The van der Waals surface area contributed by atoms with Gasteiger partial charge in [-0.05, 0) is 57.8 Å². The first-order chi connectivity index (χ1) is 13.1. The van der Waals surface area contributed by atoms with Crippen LogP contribution in [0.1, 0.15) is 57.8 Å². The quantitative estimate of drug-likeness (QED) is 0.752. The predicted octanol–water partition coefficient (Wildman–Crippen LogP) is 2.46. The van der Waals surface area contributed by atoms with Crippen molar-refractivity contribution in [2.75, 3.05) is 40.4 Å². The highest BCUT2D eigenvalue weighted by atomic mass is 16.5. The van der Waals surface area contributed by atoms with Gasteiger partial charge >= 0.3 is 0 Å². The Morgan fingerprint density at radius 1 is 0.630 bits per heavy atom. The van der Waals surface area contributed by atoms with Crippen LogP contribution >= 0.6 is 0 Å². The lowest BCUT2D eigenvalue weighted by atomic mass is 9.86. The van der Waals surface area contributed by atoms with E-state index in [1.54, 1.807) is 14.2 Å². The van der Waals surface area contributed by atoms with Crippen molar-refractivity contribution in [1.82, 2.24) is 9.80 Å². The Labute approximate surface area is 163 Å². The topological polar surface area (TPSA) is 59.1 Å². The minimum atomic E-state index is 0.142. The molecule has 0 bridgehead atoms. The third-order valence-electron chi connectivity index (χ3n) is 6.83. The van der Waals surface area contributed by atoms with Crippen molar-refractivity contribution in [3.05, 3.63) is 0 Å². The lowest BCUT2D eigenvalue weighted by Gasteiger charge is -2.32. The Morgan fingerprint density at radius 2 is 1.00 bits per heavy atom. The van der Waals surface area contributed by atoms with Crippen LogP contribution in [-0.4, -0.2) is 74.2 Å². The summed E-state index contributed by atoms with van der Waals surface area (Å²) in [5, 5.41) is 0. The minimum absolute atomic E-state index is 0.142. The molecule has 3 fully saturated rings. The minimum Gasteiger partial charge on any atom is -0.381 e. The summed E-state index contributed by atoms with van der Waals surface area (Å²) in [5.41, 5.74) is 0. The van der Waals surface area contributed by atoms with Crippen molar-refractivity contribution in [2.24, 2.45) is 11.8 Å². The first-order valence-electron chi connectivity index (χ1n) is 10.8. The molecule has 0 N–H and O–H groups in total. The SMILES string of the molecule is COC1CCC(C(=O)N2CCCN(C(=O)C3CCC(OC)CC3)CC2)CC1. The van der Waals surface area contributed by atoms with E-state index >= 15 is 0 Å². The standard InChI is InChI=1S/C21H36N2O4/c1-26-18-8-4-16(5-9-18)20(24)22-12-3-13-23(15-14-22)21(25)17-6-10-19(27-2)11-7-17/h16-19H,3-15H2,1-2H3. The van der Waals surface area contributed by atoms with E-state index in [4.69, 9.17) is 9.47 Å². The molecule has 0 spiro atoms. The van der Waals surface area contributed by atoms with Crippen LogP contribution in [0.25, 0.3) is 0 Å². The second-order valence-electron chi connectivity index (χ2n) is 8.42. The number of carbonyl (C=O) groups excluding carboxylic acids is 2. The molecule has 2 amide bonds. The normalized spacial score (nSPS) is 32.8. The van der Waals surface area contributed by atoms with Gasteiger partial charge in [0.2, 0.25) is 11.8 Å². The number of methoxy groups -OCH3 is 2. The predicted molar refractivity (Wildman–Crippen MR) is 103 cm³/mol. The van der Waals surface area contributed by atoms with E-state index in [9.17, 15) is 9.59 Å². The summed E-state index contributed by atoms with van der Waals surface area (Å²) in [6, 6.07) is 0. The van der Waals surface area contributed by atoms with Crippen molar-refractivity contribution in [2.45, 2.75) is 70.0 Å². The van der Waals surface area contributed by atoms with E-state index in [0.29, 0.717) is 37.1 Å². The molecule has 0 aromatic rings. The van der Waals surface area contributed by atoms with E-state index in [1.807, 2.05) is 9.80 Å². The van der Waals surface area contributed by atoms with Gasteiger partial charge in [-0.25, -0.2) is 0 Å². The molecule has 2 saturated carbocycles. The molecule has 6 heteroatoms.